The lowest BCUT2D eigenvalue weighted by molar-refractivity contribution is 0.0781. The Morgan fingerprint density at radius 1 is 1.14 bits per heavy atom. The Bertz CT molecular complexity index is 753. The average molecular weight is 294 g/mol. The second kappa shape index (κ2) is 5.13. The molecule has 1 aliphatic carbocycles. The summed E-state index contributed by atoms with van der Waals surface area (Å²) in [6.45, 7) is 1.57. The van der Waals surface area contributed by atoms with Crippen molar-refractivity contribution < 1.29 is 9.90 Å². The van der Waals surface area contributed by atoms with Crippen molar-refractivity contribution in [3.63, 3.8) is 0 Å². The summed E-state index contributed by atoms with van der Waals surface area (Å²) in [6, 6.07) is 7.26. The zero-order valence-electron chi connectivity index (χ0n) is 12.3. The van der Waals surface area contributed by atoms with Crippen LogP contribution >= 0.6 is 0 Å². The molecule has 112 valence electrons. The summed E-state index contributed by atoms with van der Waals surface area (Å²) < 4.78 is 0. The first-order chi connectivity index (χ1) is 10.7. The second-order valence-electron chi connectivity index (χ2n) is 6.21. The predicted molar refractivity (Wildman–Crippen MR) is 84.7 cm³/mol. The molecule has 4 rings (SSSR count). The van der Waals surface area contributed by atoms with Crippen LogP contribution in [0.25, 0.3) is 10.9 Å². The zero-order chi connectivity index (χ0) is 15.1. The van der Waals surface area contributed by atoms with E-state index in [1.54, 1.807) is 12.3 Å². The molecule has 2 atom stereocenters. The molecule has 1 amide bonds. The molecule has 2 heterocycles. The summed E-state index contributed by atoms with van der Waals surface area (Å²) in [6.07, 6.45) is 8.17. The highest BCUT2D eigenvalue weighted by Crippen LogP contribution is 2.35. The van der Waals surface area contributed by atoms with E-state index in [1.807, 2.05) is 23.1 Å². The summed E-state index contributed by atoms with van der Waals surface area (Å²) in [5.74, 6) is 1.04. The highest BCUT2D eigenvalue weighted by Gasteiger charge is 2.36. The highest BCUT2D eigenvalue weighted by atomic mass is 16.3. The lowest BCUT2D eigenvalue weighted by Crippen LogP contribution is -2.29. The van der Waals surface area contributed by atoms with Gasteiger partial charge in [-0.25, -0.2) is 0 Å². The third kappa shape index (κ3) is 2.06. The van der Waals surface area contributed by atoms with Gasteiger partial charge in [0.1, 0.15) is 5.52 Å². The van der Waals surface area contributed by atoms with E-state index < -0.39 is 0 Å². The quantitative estimate of drug-likeness (QED) is 0.823. The van der Waals surface area contributed by atoms with Crippen LogP contribution in [0.2, 0.25) is 0 Å². The molecule has 1 saturated heterocycles. The van der Waals surface area contributed by atoms with E-state index in [2.05, 4.69) is 17.1 Å². The SMILES string of the molecule is O=C(c1ccc2cccnc2c1O)N1C[C@H]2CC=CC[C@H]2C1. The standard InChI is InChI=1S/C18H18N2O2/c21-17-15(8-7-12-6-3-9-19-16(12)17)18(22)20-10-13-4-1-2-5-14(13)11-20/h1-3,6-9,13-14,21H,4-5,10-11H2/t13-,14+. The Balaban J connectivity index is 1.65. The number of nitrogens with zero attached hydrogens (tertiary/aromatic N) is 2. The van der Waals surface area contributed by atoms with Crippen LogP contribution in [0, 0.1) is 11.8 Å². The molecule has 0 unspecified atom stereocenters. The van der Waals surface area contributed by atoms with Crippen LogP contribution in [0.1, 0.15) is 23.2 Å². The number of benzene rings is 1. The van der Waals surface area contributed by atoms with Crippen molar-refractivity contribution in [3.05, 3.63) is 48.2 Å². The predicted octanol–water partition coefficient (Wildman–Crippen LogP) is 2.98. The fraction of sp³-hybridized carbons (Fsp3) is 0.333. The molecule has 22 heavy (non-hydrogen) atoms. The van der Waals surface area contributed by atoms with E-state index in [-0.39, 0.29) is 11.7 Å². The van der Waals surface area contributed by atoms with Gasteiger partial charge in [0.15, 0.2) is 5.75 Å². The van der Waals surface area contributed by atoms with E-state index in [1.165, 1.54) is 0 Å². The molecule has 4 nitrogen and oxygen atoms in total. The lowest BCUT2D eigenvalue weighted by Gasteiger charge is -2.17. The molecule has 1 N–H and O–H groups in total. The van der Waals surface area contributed by atoms with Crippen molar-refractivity contribution in [2.24, 2.45) is 11.8 Å². The second-order valence-corrected chi connectivity index (χ2v) is 6.21. The number of pyridine rings is 1. The van der Waals surface area contributed by atoms with Crippen molar-refractivity contribution >= 4 is 16.8 Å². The molecule has 1 aliphatic heterocycles. The number of likely N-dealkylation sites (tertiary alicyclic amines) is 1. The van der Waals surface area contributed by atoms with Gasteiger partial charge in [-0.1, -0.05) is 24.3 Å². The summed E-state index contributed by atoms with van der Waals surface area (Å²) in [5.41, 5.74) is 0.851. The molecule has 0 bridgehead atoms. The number of amides is 1. The van der Waals surface area contributed by atoms with Gasteiger partial charge in [0, 0.05) is 24.7 Å². The van der Waals surface area contributed by atoms with Crippen LogP contribution in [0.3, 0.4) is 0 Å². The number of rotatable bonds is 1. The van der Waals surface area contributed by atoms with Crippen LogP contribution in [0.15, 0.2) is 42.6 Å². The molecule has 0 saturated carbocycles. The normalized spacial score (nSPS) is 23.7. The van der Waals surface area contributed by atoms with Crippen LogP contribution in [0.5, 0.6) is 5.75 Å². The Labute approximate surface area is 129 Å². The summed E-state index contributed by atoms with van der Waals surface area (Å²) in [4.78, 5) is 18.8. The third-order valence-corrected chi connectivity index (χ3v) is 4.89. The van der Waals surface area contributed by atoms with E-state index in [9.17, 15) is 9.90 Å². The van der Waals surface area contributed by atoms with Gasteiger partial charge in [0.2, 0.25) is 0 Å². The molecule has 0 radical (unpaired) electrons. The van der Waals surface area contributed by atoms with Gasteiger partial charge in [-0.3, -0.25) is 9.78 Å². The van der Waals surface area contributed by atoms with E-state index in [0.717, 1.165) is 31.3 Å². The number of aromatic nitrogens is 1. The summed E-state index contributed by atoms with van der Waals surface area (Å²) >= 11 is 0. The van der Waals surface area contributed by atoms with Crippen molar-refractivity contribution in [3.8, 4) is 5.75 Å². The minimum atomic E-state index is -0.0838. The van der Waals surface area contributed by atoms with Gasteiger partial charge >= 0.3 is 0 Å². The first kappa shape index (κ1) is 13.3. The van der Waals surface area contributed by atoms with E-state index in [4.69, 9.17) is 0 Å². The van der Waals surface area contributed by atoms with Gasteiger partial charge in [-0.05, 0) is 36.8 Å². The van der Waals surface area contributed by atoms with Gasteiger partial charge in [-0.2, -0.15) is 0 Å². The fourth-order valence-corrected chi connectivity index (χ4v) is 3.65. The number of phenolic OH excluding ortho intramolecular Hbond substituents is 1. The average Bonchev–Trinajstić information content (AvgIpc) is 2.99. The van der Waals surface area contributed by atoms with Crippen molar-refractivity contribution in [1.82, 2.24) is 9.88 Å². The van der Waals surface area contributed by atoms with Crippen molar-refractivity contribution in [2.45, 2.75) is 12.8 Å². The number of aromatic hydroxyl groups is 1. The van der Waals surface area contributed by atoms with Gasteiger partial charge in [0.25, 0.3) is 5.91 Å². The minimum Gasteiger partial charge on any atom is -0.505 e. The summed E-state index contributed by atoms with van der Waals surface area (Å²) in [5, 5.41) is 11.3. The Hall–Kier alpha value is -2.36. The van der Waals surface area contributed by atoms with Crippen LogP contribution < -0.4 is 0 Å². The number of allylic oxidation sites excluding steroid dienone is 2. The number of phenols is 1. The highest BCUT2D eigenvalue weighted by molar-refractivity contribution is 6.02. The molecule has 2 aliphatic rings. The molecule has 4 heteroatoms. The molecule has 0 spiro atoms. The monoisotopic (exact) mass is 294 g/mol. The maximum atomic E-state index is 12.8. The fourth-order valence-electron chi connectivity index (χ4n) is 3.65. The number of hydrogen-bond acceptors (Lipinski definition) is 3. The molecular weight excluding hydrogens is 276 g/mol. The zero-order valence-corrected chi connectivity index (χ0v) is 12.3. The topological polar surface area (TPSA) is 53.4 Å². The first-order valence-corrected chi connectivity index (χ1v) is 7.75. The van der Waals surface area contributed by atoms with E-state index >= 15 is 0 Å². The van der Waals surface area contributed by atoms with E-state index in [0.29, 0.717) is 22.9 Å². The molecular formula is C18H18N2O2. The number of carbonyl (C=O) groups excluding carboxylic acids is 1. The lowest BCUT2D eigenvalue weighted by atomic mass is 9.86. The smallest absolute Gasteiger partial charge is 0.257 e. The molecule has 1 aromatic carbocycles. The summed E-state index contributed by atoms with van der Waals surface area (Å²) in [7, 11) is 0. The van der Waals surface area contributed by atoms with Gasteiger partial charge in [0.05, 0.1) is 5.56 Å². The minimum absolute atomic E-state index is 0.00361. The van der Waals surface area contributed by atoms with Gasteiger partial charge < -0.3 is 10.0 Å². The van der Waals surface area contributed by atoms with Crippen molar-refractivity contribution in [1.29, 1.82) is 0 Å². The van der Waals surface area contributed by atoms with Crippen LogP contribution in [0.4, 0.5) is 0 Å². The maximum Gasteiger partial charge on any atom is 0.257 e. The third-order valence-electron chi connectivity index (χ3n) is 4.89. The number of carbonyl (C=O) groups is 1. The van der Waals surface area contributed by atoms with Crippen LogP contribution in [-0.4, -0.2) is 34.0 Å². The first-order valence-electron chi connectivity index (χ1n) is 7.75. The maximum absolute atomic E-state index is 12.8. The van der Waals surface area contributed by atoms with Gasteiger partial charge in [-0.15, -0.1) is 0 Å². The van der Waals surface area contributed by atoms with Crippen LogP contribution in [-0.2, 0) is 0 Å². The molecule has 1 fully saturated rings. The van der Waals surface area contributed by atoms with Crippen molar-refractivity contribution in [2.75, 3.05) is 13.1 Å². The molecule has 2 aromatic rings. The largest absolute Gasteiger partial charge is 0.505 e. The Morgan fingerprint density at radius 3 is 2.59 bits per heavy atom. The molecule has 1 aromatic heterocycles. The number of hydrogen-bond donors (Lipinski definition) is 1. The number of fused-ring (bicyclic) bond motifs is 2. The Morgan fingerprint density at radius 2 is 1.86 bits per heavy atom. The Kier molecular flexibility index (Phi) is 3.10.